The van der Waals surface area contributed by atoms with Crippen LogP contribution in [0.25, 0.3) is 0 Å². The third-order valence-corrected chi connectivity index (χ3v) is 7.29. The zero-order valence-electron chi connectivity index (χ0n) is 20.0. The van der Waals surface area contributed by atoms with Crippen LogP contribution in [0.4, 0.5) is 0 Å². The van der Waals surface area contributed by atoms with Crippen molar-refractivity contribution in [1.82, 2.24) is 5.32 Å². The average molecular weight is 438 g/mol. The number of hydrogen-bond acceptors (Lipinski definition) is 6. The van der Waals surface area contributed by atoms with Crippen LogP contribution in [0.1, 0.15) is 60.3 Å². The van der Waals surface area contributed by atoms with Gasteiger partial charge in [-0.2, -0.15) is 0 Å². The highest BCUT2D eigenvalue weighted by Gasteiger charge is 2.72. The van der Waals surface area contributed by atoms with Crippen molar-refractivity contribution in [1.29, 1.82) is 0 Å². The van der Waals surface area contributed by atoms with Crippen LogP contribution in [0.5, 0.6) is 0 Å². The molecule has 0 bridgehead atoms. The number of hydrogen-bond donors (Lipinski definition) is 1. The minimum absolute atomic E-state index is 0.00746. The molecule has 7 heteroatoms. The predicted molar refractivity (Wildman–Crippen MR) is 116 cm³/mol. The van der Waals surface area contributed by atoms with Crippen LogP contribution in [0.3, 0.4) is 0 Å². The van der Waals surface area contributed by atoms with Gasteiger partial charge < -0.3 is 24.3 Å². The van der Waals surface area contributed by atoms with Crippen LogP contribution in [0, 0.1) is 17.8 Å². The van der Waals surface area contributed by atoms with Crippen LogP contribution < -0.4 is 5.32 Å². The van der Waals surface area contributed by atoms with Crippen molar-refractivity contribution < 1.29 is 28.5 Å². The summed E-state index contributed by atoms with van der Waals surface area (Å²) < 4.78 is 24.0. The summed E-state index contributed by atoms with van der Waals surface area (Å²) in [4.78, 5) is 24.9. The lowest BCUT2D eigenvalue weighted by atomic mass is 9.68. The number of nitrogens with one attached hydrogen (secondary N) is 1. The van der Waals surface area contributed by atoms with E-state index in [4.69, 9.17) is 18.9 Å². The maximum Gasteiger partial charge on any atom is 0.306 e. The minimum atomic E-state index is -0.409. The molecule has 1 saturated carbocycles. The van der Waals surface area contributed by atoms with Crippen molar-refractivity contribution in [3.63, 3.8) is 0 Å². The molecule has 176 valence electrons. The molecule has 0 aromatic heterocycles. The molecule has 2 aliphatic heterocycles. The molecule has 0 aromatic carbocycles. The van der Waals surface area contributed by atoms with E-state index in [0.717, 1.165) is 12.8 Å². The molecule has 0 aromatic rings. The summed E-state index contributed by atoms with van der Waals surface area (Å²) >= 11 is 0. The molecule has 3 rings (SSSR count). The van der Waals surface area contributed by atoms with Gasteiger partial charge in [-0.3, -0.25) is 9.59 Å². The van der Waals surface area contributed by atoms with Gasteiger partial charge in [0.25, 0.3) is 0 Å². The van der Waals surface area contributed by atoms with Gasteiger partial charge in [0, 0.05) is 14.2 Å². The molecule has 2 heterocycles. The Hall–Kier alpha value is -1.44. The molecular weight excluding hydrogens is 398 g/mol. The molecule has 1 aliphatic carbocycles. The SMILES string of the molecule is CNC(=O)C(CC(=O)O[C@@H]1CCC2(CO2)[C@@H]([C@@]2(C)O[C@@H]2CC=C(C)C)C1OC)C(C)C. The average Bonchev–Trinajstić information content (AvgIpc) is 3.62. The van der Waals surface area contributed by atoms with Gasteiger partial charge in [-0.1, -0.05) is 25.5 Å². The van der Waals surface area contributed by atoms with Crippen molar-refractivity contribution >= 4 is 11.9 Å². The first-order valence-corrected chi connectivity index (χ1v) is 11.5. The Morgan fingerprint density at radius 1 is 1.29 bits per heavy atom. The van der Waals surface area contributed by atoms with Gasteiger partial charge in [0.2, 0.25) is 5.91 Å². The smallest absolute Gasteiger partial charge is 0.306 e. The molecule has 7 nitrogen and oxygen atoms in total. The second kappa shape index (κ2) is 9.20. The zero-order chi connectivity index (χ0) is 23.0. The maximum atomic E-state index is 12.8. The largest absolute Gasteiger partial charge is 0.460 e. The summed E-state index contributed by atoms with van der Waals surface area (Å²) in [7, 11) is 3.25. The molecule has 7 atom stereocenters. The lowest BCUT2D eigenvalue weighted by Gasteiger charge is -2.42. The quantitative estimate of drug-likeness (QED) is 0.339. The van der Waals surface area contributed by atoms with Gasteiger partial charge in [-0.25, -0.2) is 0 Å². The first-order chi connectivity index (χ1) is 14.6. The standard InChI is InChI=1S/C24H39NO6/c1-14(2)8-9-18-23(5,31-18)21-20(28-7)17(10-11-24(21)13-29-24)30-19(26)12-16(15(3)4)22(27)25-6/h8,15-18,20-21H,9-13H2,1-7H3,(H,25,27)/t16?,17-,18-,20?,21-,23+,24?/m1/s1. The molecule has 31 heavy (non-hydrogen) atoms. The highest BCUT2D eigenvalue weighted by molar-refractivity contribution is 5.83. The Morgan fingerprint density at radius 3 is 2.48 bits per heavy atom. The van der Waals surface area contributed by atoms with Crippen LogP contribution >= 0.6 is 0 Å². The van der Waals surface area contributed by atoms with Gasteiger partial charge in [0.1, 0.15) is 23.4 Å². The summed E-state index contributed by atoms with van der Waals surface area (Å²) in [6, 6.07) is 0. The second-order valence-corrected chi connectivity index (χ2v) is 10.1. The fourth-order valence-electron chi connectivity index (χ4n) is 5.28. The monoisotopic (exact) mass is 437 g/mol. The Kier molecular flexibility index (Phi) is 7.18. The van der Waals surface area contributed by atoms with Gasteiger partial charge in [0.05, 0.1) is 31.0 Å². The second-order valence-electron chi connectivity index (χ2n) is 10.1. The lowest BCUT2D eigenvalue weighted by molar-refractivity contribution is -0.173. The van der Waals surface area contributed by atoms with Crippen molar-refractivity contribution in [3.05, 3.63) is 11.6 Å². The van der Waals surface area contributed by atoms with E-state index >= 15 is 0 Å². The predicted octanol–water partition coefficient (Wildman–Crippen LogP) is 3.01. The van der Waals surface area contributed by atoms with E-state index in [9.17, 15) is 9.59 Å². The molecule has 3 fully saturated rings. The number of carbonyl (C=O) groups excluding carboxylic acids is 2. The molecule has 1 N–H and O–H groups in total. The number of carbonyl (C=O) groups is 2. The number of rotatable bonds is 9. The third-order valence-electron chi connectivity index (χ3n) is 7.29. The number of methoxy groups -OCH3 is 1. The summed E-state index contributed by atoms with van der Waals surface area (Å²) in [5, 5.41) is 2.65. The van der Waals surface area contributed by atoms with Crippen molar-refractivity contribution in [2.75, 3.05) is 20.8 Å². The summed E-state index contributed by atoms with van der Waals surface area (Å²) in [6.45, 7) is 10.9. The Balaban J connectivity index is 1.71. The number of amides is 1. The topological polar surface area (TPSA) is 89.7 Å². The molecule has 3 unspecified atom stereocenters. The minimum Gasteiger partial charge on any atom is -0.460 e. The van der Waals surface area contributed by atoms with Crippen LogP contribution in [-0.4, -0.2) is 62.2 Å². The van der Waals surface area contributed by atoms with Crippen LogP contribution in [0.2, 0.25) is 0 Å². The van der Waals surface area contributed by atoms with Gasteiger partial charge >= 0.3 is 5.97 Å². The fraction of sp³-hybridized carbons (Fsp3) is 0.833. The van der Waals surface area contributed by atoms with Crippen LogP contribution in [-0.2, 0) is 28.5 Å². The Labute approximate surface area is 186 Å². The molecule has 1 amide bonds. The third kappa shape index (κ3) is 4.99. The lowest BCUT2D eigenvalue weighted by Crippen LogP contribution is -2.55. The molecule has 0 radical (unpaired) electrons. The normalized spacial score (nSPS) is 37.3. The summed E-state index contributed by atoms with van der Waals surface area (Å²) in [6.07, 6.45) is 4.04. The molecule has 2 saturated heterocycles. The van der Waals surface area contributed by atoms with Crippen molar-refractivity contribution in [3.8, 4) is 0 Å². The Bertz CT molecular complexity index is 711. The van der Waals surface area contributed by atoms with E-state index < -0.39 is 5.92 Å². The van der Waals surface area contributed by atoms with E-state index in [1.165, 1.54) is 5.57 Å². The van der Waals surface area contributed by atoms with E-state index in [-0.39, 0.29) is 59.6 Å². The zero-order valence-corrected chi connectivity index (χ0v) is 20.0. The van der Waals surface area contributed by atoms with Gasteiger partial charge in [-0.15, -0.1) is 0 Å². The maximum absolute atomic E-state index is 12.8. The first kappa shape index (κ1) is 24.2. The molecular formula is C24H39NO6. The van der Waals surface area contributed by atoms with E-state index in [2.05, 4.69) is 32.2 Å². The summed E-state index contributed by atoms with van der Waals surface area (Å²) in [5.74, 6) is -0.866. The highest BCUT2D eigenvalue weighted by Crippen LogP contribution is 2.59. The van der Waals surface area contributed by atoms with Crippen molar-refractivity contribution in [2.45, 2.75) is 89.8 Å². The van der Waals surface area contributed by atoms with Crippen LogP contribution in [0.15, 0.2) is 11.6 Å². The molecule has 1 spiro atoms. The number of esters is 1. The Morgan fingerprint density at radius 2 is 1.97 bits per heavy atom. The van der Waals surface area contributed by atoms with Gasteiger partial charge in [-0.05, 0) is 46.0 Å². The number of allylic oxidation sites excluding steroid dienone is 1. The highest BCUT2D eigenvalue weighted by atomic mass is 16.6. The van der Waals surface area contributed by atoms with E-state index in [0.29, 0.717) is 13.0 Å². The van der Waals surface area contributed by atoms with E-state index in [1.54, 1.807) is 14.2 Å². The molecule has 3 aliphatic rings. The van der Waals surface area contributed by atoms with Gasteiger partial charge in [0.15, 0.2) is 0 Å². The first-order valence-electron chi connectivity index (χ1n) is 11.5. The number of ether oxygens (including phenoxy) is 4. The fourth-order valence-corrected chi connectivity index (χ4v) is 5.28. The van der Waals surface area contributed by atoms with Crippen molar-refractivity contribution in [2.24, 2.45) is 17.8 Å². The van der Waals surface area contributed by atoms with E-state index in [1.807, 2.05) is 13.8 Å². The summed E-state index contributed by atoms with van der Waals surface area (Å²) in [5.41, 5.74) is 0.655. The number of epoxide rings is 2.